The Kier molecular flexibility index (Phi) is 3.84. The Balaban J connectivity index is 2.30. The molecule has 5 nitrogen and oxygen atoms in total. The highest BCUT2D eigenvalue weighted by atomic mass is 32.2. The molecule has 0 N–H and O–H groups in total. The van der Waals surface area contributed by atoms with Crippen molar-refractivity contribution in [3.05, 3.63) is 29.8 Å². The summed E-state index contributed by atoms with van der Waals surface area (Å²) >= 11 is 0. The second-order valence-electron chi connectivity index (χ2n) is 4.42. The normalized spacial score (nSPS) is 17.6. The van der Waals surface area contributed by atoms with Gasteiger partial charge in [0.1, 0.15) is 6.07 Å². The van der Waals surface area contributed by atoms with E-state index in [1.165, 1.54) is 16.4 Å². The molecule has 0 aliphatic carbocycles. The summed E-state index contributed by atoms with van der Waals surface area (Å²) in [5.74, 6) is -0.0716. The van der Waals surface area contributed by atoms with Crippen LogP contribution in [0.3, 0.4) is 0 Å². The fourth-order valence-corrected chi connectivity index (χ4v) is 3.76. The van der Waals surface area contributed by atoms with E-state index >= 15 is 0 Å². The summed E-state index contributed by atoms with van der Waals surface area (Å²) in [5.41, 5.74) is 0.157. The van der Waals surface area contributed by atoms with Gasteiger partial charge < -0.3 is 0 Å². The molecule has 0 saturated carbocycles. The minimum atomic E-state index is -3.64. The number of piperidine rings is 1. The third kappa shape index (κ3) is 2.60. The number of hydrogen-bond donors (Lipinski definition) is 0. The molecule has 0 radical (unpaired) electrons. The highest BCUT2D eigenvalue weighted by Crippen LogP contribution is 2.25. The van der Waals surface area contributed by atoms with Crippen molar-refractivity contribution in [3.63, 3.8) is 0 Å². The van der Waals surface area contributed by atoms with Gasteiger partial charge in [-0.15, -0.1) is 0 Å². The van der Waals surface area contributed by atoms with Gasteiger partial charge in [-0.1, -0.05) is 12.1 Å². The summed E-state index contributed by atoms with van der Waals surface area (Å²) in [5, 5.41) is 17.8. The van der Waals surface area contributed by atoms with E-state index in [9.17, 15) is 8.42 Å². The molecular weight excluding hydrogens is 262 g/mol. The zero-order valence-electron chi connectivity index (χ0n) is 10.3. The monoisotopic (exact) mass is 275 g/mol. The van der Waals surface area contributed by atoms with Crippen molar-refractivity contribution in [1.29, 1.82) is 10.5 Å². The number of nitriles is 2. The SMILES string of the molecule is N#Cc1ccccc1S(=O)(=O)N1CCC(C#N)CC1. The third-order valence-electron chi connectivity index (χ3n) is 3.26. The summed E-state index contributed by atoms with van der Waals surface area (Å²) in [6.45, 7) is 0.667. The van der Waals surface area contributed by atoms with Gasteiger partial charge in [-0.3, -0.25) is 0 Å². The highest BCUT2D eigenvalue weighted by molar-refractivity contribution is 7.89. The number of rotatable bonds is 2. The van der Waals surface area contributed by atoms with Crippen LogP contribution < -0.4 is 0 Å². The van der Waals surface area contributed by atoms with Crippen LogP contribution in [0.2, 0.25) is 0 Å². The van der Waals surface area contributed by atoms with Crippen LogP contribution in [0.5, 0.6) is 0 Å². The van der Waals surface area contributed by atoms with Crippen molar-refractivity contribution in [2.24, 2.45) is 5.92 Å². The van der Waals surface area contributed by atoms with Gasteiger partial charge in [0, 0.05) is 19.0 Å². The van der Waals surface area contributed by atoms with Gasteiger partial charge >= 0.3 is 0 Å². The van der Waals surface area contributed by atoms with E-state index in [0.29, 0.717) is 25.9 Å². The lowest BCUT2D eigenvalue weighted by atomic mass is 10.0. The molecule has 1 aromatic rings. The smallest absolute Gasteiger partial charge is 0.207 e. The Hall–Kier alpha value is -1.89. The van der Waals surface area contributed by atoms with Gasteiger partial charge in [0.15, 0.2) is 0 Å². The van der Waals surface area contributed by atoms with Gasteiger partial charge in [-0.05, 0) is 25.0 Å². The molecule has 98 valence electrons. The Morgan fingerprint density at radius 3 is 2.37 bits per heavy atom. The predicted octanol–water partition coefficient (Wildman–Crippen LogP) is 1.48. The quantitative estimate of drug-likeness (QED) is 0.818. The number of sulfonamides is 1. The maximum absolute atomic E-state index is 12.5. The van der Waals surface area contributed by atoms with Crippen molar-refractivity contribution in [1.82, 2.24) is 4.31 Å². The predicted molar refractivity (Wildman–Crippen MR) is 68.3 cm³/mol. The average molecular weight is 275 g/mol. The highest BCUT2D eigenvalue weighted by Gasteiger charge is 2.30. The van der Waals surface area contributed by atoms with Crippen LogP contribution in [0, 0.1) is 28.6 Å². The van der Waals surface area contributed by atoms with Crippen molar-refractivity contribution >= 4 is 10.0 Å². The lowest BCUT2D eigenvalue weighted by Crippen LogP contribution is -2.38. The number of benzene rings is 1. The van der Waals surface area contributed by atoms with Crippen molar-refractivity contribution in [2.45, 2.75) is 17.7 Å². The van der Waals surface area contributed by atoms with Crippen LogP contribution in [0.4, 0.5) is 0 Å². The second-order valence-corrected chi connectivity index (χ2v) is 6.32. The second kappa shape index (κ2) is 5.40. The molecule has 0 bridgehead atoms. The first-order valence-electron chi connectivity index (χ1n) is 5.98. The molecule has 1 fully saturated rings. The number of hydrogen-bond acceptors (Lipinski definition) is 4. The molecule has 0 atom stereocenters. The molecule has 1 heterocycles. The molecule has 6 heteroatoms. The topological polar surface area (TPSA) is 85.0 Å². The fourth-order valence-electron chi connectivity index (χ4n) is 2.15. The van der Waals surface area contributed by atoms with Crippen LogP contribution in [0.1, 0.15) is 18.4 Å². The third-order valence-corrected chi connectivity index (χ3v) is 5.22. The molecule has 2 rings (SSSR count). The van der Waals surface area contributed by atoms with Crippen LogP contribution in [-0.2, 0) is 10.0 Å². The fraction of sp³-hybridized carbons (Fsp3) is 0.385. The molecule has 19 heavy (non-hydrogen) atoms. The van der Waals surface area contributed by atoms with E-state index in [4.69, 9.17) is 10.5 Å². The van der Waals surface area contributed by atoms with Crippen LogP contribution in [0.15, 0.2) is 29.2 Å². The lowest BCUT2D eigenvalue weighted by molar-refractivity contribution is 0.310. The zero-order valence-corrected chi connectivity index (χ0v) is 11.1. The van der Waals surface area contributed by atoms with E-state index in [0.717, 1.165) is 0 Å². The van der Waals surface area contributed by atoms with Crippen molar-refractivity contribution in [3.8, 4) is 12.1 Å². The number of nitrogens with zero attached hydrogens (tertiary/aromatic N) is 3. The average Bonchev–Trinajstić information content (AvgIpc) is 2.47. The molecule has 0 unspecified atom stereocenters. The van der Waals surface area contributed by atoms with Crippen molar-refractivity contribution < 1.29 is 8.42 Å². The zero-order chi connectivity index (χ0) is 13.9. The van der Waals surface area contributed by atoms with Gasteiger partial charge in [0.2, 0.25) is 10.0 Å². The summed E-state index contributed by atoms with van der Waals surface area (Å²) in [4.78, 5) is 0.0490. The Morgan fingerprint density at radius 2 is 1.79 bits per heavy atom. The summed E-state index contributed by atoms with van der Waals surface area (Å²) in [6.07, 6.45) is 1.09. The Morgan fingerprint density at radius 1 is 1.16 bits per heavy atom. The Bertz CT molecular complexity index is 647. The van der Waals surface area contributed by atoms with E-state index in [-0.39, 0.29) is 16.4 Å². The minimum Gasteiger partial charge on any atom is -0.207 e. The first-order chi connectivity index (χ1) is 9.09. The maximum Gasteiger partial charge on any atom is 0.244 e. The lowest BCUT2D eigenvalue weighted by Gasteiger charge is -2.28. The summed E-state index contributed by atoms with van der Waals surface area (Å²) in [7, 11) is -3.64. The molecule has 0 amide bonds. The van der Waals surface area contributed by atoms with Crippen LogP contribution >= 0.6 is 0 Å². The minimum absolute atomic E-state index is 0.0490. The van der Waals surface area contributed by atoms with E-state index in [1.54, 1.807) is 12.1 Å². The largest absolute Gasteiger partial charge is 0.244 e. The van der Waals surface area contributed by atoms with Gasteiger partial charge in [0.05, 0.1) is 16.5 Å². The summed E-state index contributed by atoms with van der Waals surface area (Å²) in [6, 6.07) is 10.3. The summed E-state index contributed by atoms with van der Waals surface area (Å²) < 4.78 is 26.3. The first-order valence-corrected chi connectivity index (χ1v) is 7.42. The van der Waals surface area contributed by atoms with E-state index < -0.39 is 10.0 Å². The van der Waals surface area contributed by atoms with Crippen LogP contribution in [-0.4, -0.2) is 25.8 Å². The standard InChI is InChI=1S/C13H13N3O2S/c14-9-11-5-7-16(8-6-11)19(17,18)13-4-2-1-3-12(13)10-15/h1-4,11H,5-8H2. The molecule has 1 saturated heterocycles. The first kappa shape index (κ1) is 13.5. The van der Waals surface area contributed by atoms with Gasteiger partial charge in [-0.2, -0.15) is 14.8 Å². The molecule has 1 aliphatic rings. The molecule has 0 spiro atoms. The Labute approximate surface area is 112 Å². The molecule has 0 aromatic heterocycles. The van der Waals surface area contributed by atoms with Crippen LogP contribution in [0.25, 0.3) is 0 Å². The molecule has 1 aromatic carbocycles. The van der Waals surface area contributed by atoms with Crippen molar-refractivity contribution in [2.75, 3.05) is 13.1 Å². The van der Waals surface area contributed by atoms with Gasteiger partial charge in [0.25, 0.3) is 0 Å². The molecular formula is C13H13N3O2S. The molecule has 1 aliphatic heterocycles. The van der Waals surface area contributed by atoms with E-state index in [1.807, 2.05) is 6.07 Å². The maximum atomic E-state index is 12.5. The van der Waals surface area contributed by atoms with Gasteiger partial charge in [-0.25, -0.2) is 8.42 Å². The van der Waals surface area contributed by atoms with E-state index in [2.05, 4.69) is 6.07 Å².